The van der Waals surface area contributed by atoms with Crippen LogP contribution in [0.15, 0.2) is 23.1 Å². The van der Waals surface area contributed by atoms with Gasteiger partial charge in [-0.25, -0.2) is 8.42 Å². The SMILES string of the molecule is O=S(=O)(c1cc(C(F)(F)F)cc(C(F)(F)F)c1)N1CCN(C(=S)NC2CCCCC2)CC1. The van der Waals surface area contributed by atoms with Crippen molar-refractivity contribution >= 4 is 27.4 Å². The monoisotopic (exact) mass is 503 g/mol. The van der Waals surface area contributed by atoms with Gasteiger partial charge in [0.2, 0.25) is 10.0 Å². The fourth-order valence-corrected chi connectivity index (χ4v) is 5.71. The molecule has 32 heavy (non-hydrogen) atoms. The topological polar surface area (TPSA) is 52.7 Å². The van der Waals surface area contributed by atoms with E-state index in [-0.39, 0.29) is 50.4 Å². The van der Waals surface area contributed by atoms with Crippen molar-refractivity contribution in [2.45, 2.75) is 55.4 Å². The maximum absolute atomic E-state index is 13.1. The molecular formula is C19H23F6N3O2S2. The molecule has 3 rings (SSSR count). The van der Waals surface area contributed by atoms with Gasteiger partial charge in [0, 0.05) is 32.2 Å². The van der Waals surface area contributed by atoms with E-state index in [4.69, 9.17) is 12.2 Å². The van der Waals surface area contributed by atoms with Crippen LogP contribution < -0.4 is 5.32 Å². The van der Waals surface area contributed by atoms with Crippen LogP contribution >= 0.6 is 12.2 Å². The first-order chi connectivity index (χ1) is 14.8. The summed E-state index contributed by atoms with van der Waals surface area (Å²) in [6.07, 6.45) is -4.89. The zero-order chi connectivity index (χ0) is 23.7. The fraction of sp³-hybridized carbons (Fsp3) is 0.632. The summed E-state index contributed by atoms with van der Waals surface area (Å²) < 4.78 is 105. The minimum atomic E-state index is -5.12. The Balaban J connectivity index is 1.74. The lowest BCUT2D eigenvalue weighted by molar-refractivity contribution is -0.143. The summed E-state index contributed by atoms with van der Waals surface area (Å²) in [6, 6.07) is 0.647. The molecular weight excluding hydrogens is 480 g/mol. The molecule has 1 aromatic carbocycles. The largest absolute Gasteiger partial charge is 0.416 e. The molecule has 13 heteroatoms. The molecule has 0 spiro atoms. The highest BCUT2D eigenvalue weighted by molar-refractivity contribution is 7.89. The Hall–Kier alpha value is -1.60. The fourth-order valence-electron chi connectivity index (χ4n) is 3.87. The number of rotatable bonds is 3. The molecule has 1 aromatic rings. The molecule has 1 N–H and O–H groups in total. The van der Waals surface area contributed by atoms with E-state index in [1.807, 2.05) is 0 Å². The number of benzene rings is 1. The zero-order valence-corrected chi connectivity index (χ0v) is 18.6. The van der Waals surface area contributed by atoms with E-state index in [1.54, 1.807) is 4.90 Å². The predicted octanol–water partition coefficient (Wildman–Crippen LogP) is 4.24. The third-order valence-electron chi connectivity index (χ3n) is 5.66. The van der Waals surface area contributed by atoms with E-state index in [0.29, 0.717) is 5.11 Å². The van der Waals surface area contributed by atoms with Crippen molar-refractivity contribution in [3.05, 3.63) is 29.3 Å². The number of thiocarbonyl (C=S) groups is 1. The van der Waals surface area contributed by atoms with Crippen LogP contribution in [0.1, 0.15) is 43.2 Å². The van der Waals surface area contributed by atoms with Crippen LogP contribution in [0.3, 0.4) is 0 Å². The van der Waals surface area contributed by atoms with Crippen molar-refractivity contribution in [3.63, 3.8) is 0 Å². The van der Waals surface area contributed by atoms with E-state index >= 15 is 0 Å². The summed E-state index contributed by atoms with van der Waals surface area (Å²) in [4.78, 5) is 0.736. The molecule has 0 aromatic heterocycles. The van der Waals surface area contributed by atoms with Gasteiger partial charge in [-0.2, -0.15) is 30.6 Å². The minimum Gasteiger partial charge on any atom is -0.360 e. The van der Waals surface area contributed by atoms with Crippen LogP contribution in [0.25, 0.3) is 0 Å². The summed E-state index contributed by atoms with van der Waals surface area (Å²) >= 11 is 5.39. The molecule has 1 saturated heterocycles. The highest BCUT2D eigenvalue weighted by Crippen LogP contribution is 2.37. The van der Waals surface area contributed by atoms with Crippen molar-refractivity contribution in [2.75, 3.05) is 26.2 Å². The standard InChI is InChI=1S/C19H23F6N3O2S2/c20-18(21,22)13-10-14(19(23,24)25)12-16(11-13)32(29,30)28-8-6-27(7-9-28)17(31)26-15-4-2-1-3-5-15/h10-12,15H,1-9H2,(H,26,31). The van der Waals surface area contributed by atoms with E-state index in [9.17, 15) is 34.8 Å². The first kappa shape index (κ1) is 25.0. The van der Waals surface area contributed by atoms with Crippen molar-refractivity contribution in [3.8, 4) is 0 Å². The van der Waals surface area contributed by atoms with Crippen molar-refractivity contribution in [1.82, 2.24) is 14.5 Å². The van der Waals surface area contributed by atoms with Crippen LogP contribution in [0, 0.1) is 0 Å². The van der Waals surface area contributed by atoms with Crippen LogP contribution in [-0.4, -0.2) is 55.0 Å². The maximum atomic E-state index is 13.1. The van der Waals surface area contributed by atoms with Gasteiger partial charge in [-0.15, -0.1) is 0 Å². The molecule has 0 amide bonds. The number of hydrogen-bond donors (Lipinski definition) is 1. The highest BCUT2D eigenvalue weighted by atomic mass is 32.2. The number of hydrogen-bond acceptors (Lipinski definition) is 3. The zero-order valence-electron chi connectivity index (χ0n) is 17.0. The third-order valence-corrected chi connectivity index (χ3v) is 7.91. The second-order valence-corrected chi connectivity index (χ2v) is 10.2. The molecule has 1 aliphatic heterocycles. The summed E-state index contributed by atoms with van der Waals surface area (Å²) in [5.41, 5.74) is -3.33. The average molecular weight is 504 g/mol. The second kappa shape index (κ2) is 9.34. The molecule has 2 fully saturated rings. The van der Waals surface area contributed by atoms with Gasteiger partial charge in [-0.3, -0.25) is 0 Å². The van der Waals surface area contributed by atoms with E-state index < -0.39 is 38.4 Å². The van der Waals surface area contributed by atoms with Gasteiger partial charge in [0.25, 0.3) is 0 Å². The van der Waals surface area contributed by atoms with Gasteiger partial charge < -0.3 is 10.2 Å². The average Bonchev–Trinajstić information content (AvgIpc) is 2.73. The summed E-state index contributed by atoms with van der Waals surface area (Å²) in [7, 11) is -4.56. The second-order valence-electron chi connectivity index (χ2n) is 7.92. The Labute approximate surface area is 187 Å². The number of alkyl halides is 6. The van der Waals surface area contributed by atoms with Crippen LogP contribution in [-0.2, 0) is 22.4 Å². The molecule has 0 bridgehead atoms. The van der Waals surface area contributed by atoms with Crippen LogP contribution in [0.5, 0.6) is 0 Å². The molecule has 0 atom stereocenters. The first-order valence-electron chi connectivity index (χ1n) is 10.1. The number of halogens is 6. The van der Waals surface area contributed by atoms with Gasteiger partial charge in [0.15, 0.2) is 5.11 Å². The van der Waals surface area contributed by atoms with E-state index in [1.165, 1.54) is 6.42 Å². The lowest BCUT2D eigenvalue weighted by atomic mass is 9.96. The predicted molar refractivity (Wildman–Crippen MR) is 109 cm³/mol. The molecule has 1 saturated carbocycles. The lowest BCUT2D eigenvalue weighted by Gasteiger charge is -2.37. The Morgan fingerprint density at radius 3 is 1.84 bits per heavy atom. The third kappa shape index (κ3) is 5.84. The van der Waals surface area contributed by atoms with Gasteiger partial charge >= 0.3 is 12.4 Å². The minimum absolute atomic E-state index is 0.0909. The smallest absolute Gasteiger partial charge is 0.360 e. The van der Waals surface area contributed by atoms with Gasteiger partial charge in [0.1, 0.15) is 0 Å². The summed E-state index contributed by atoms with van der Waals surface area (Å²) in [5, 5.41) is 3.74. The highest BCUT2D eigenvalue weighted by Gasteiger charge is 2.39. The Morgan fingerprint density at radius 2 is 1.38 bits per heavy atom. The summed E-state index contributed by atoms with van der Waals surface area (Å²) in [6.45, 7) is 0.157. The van der Waals surface area contributed by atoms with Crippen molar-refractivity contribution in [2.24, 2.45) is 0 Å². The van der Waals surface area contributed by atoms with E-state index in [2.05, 4.69) is 5.32 Å². The number of piperazine rings is 1. The van der Waals surface area contributed by atoms with Crippen molar-refractivity contribution < 1.29 is 34.8 Å². The van der Waals surface area contributed by atoms with Gasteiger partial charge in [-0.1, -0.05) is 19.3 Å². The van der Waals surface area contributed by atoms with Crippen LogP contribution in [0.4, 0.5) is 26.3 Å². The maximum Gasteiger partial charge on any atom is 0.416 e. The van der Waals surface area contributed by atoms with E-state index in [0.717, 1.165) is 30.0 Å². The Morgan fingerprint density at radius 1 is 0.875 bits per heavy atom. The molecule has 0 unspecified atom stereocenters. The molecule has 5 nitrogen and oxygen atoms in total. The van der Waals surface area contributed by atoms with Gasteiger partial charge in [0.05, 0.1) is 16.0 Å². The quantitative estimate of drug-likeness (QED) is 0.494. The molecule has 1 aliphatic carbocycles. The Kier molecular flexibility index (Phi) is 7.30. The molecule has 180 valence electrons. The van der Waals surface area contributed by atoms with Gasteiger partial charge in [-0.05, 0) is 43.3 Å². The first-order valence-corrected chi connectivity index (χ1v) is 12.0. The summed E-state index contributed by atoms with van der Waals surface area (Å²) in [5.74, 6) is 0. The number of nitrogens with zero attached hydrogens (tertiary/aromatic N) is 2. The molecule has 1 heterocycles. The molecule has 2 aliphatic rings. The Bertz CT molecular complexity index is 903. The normalized spacial score (nSPS) is 19.8. The lowest BCUT2D eigenvalue weighted by Crippen LogP contribution is -2.54. The van der Waals surface area contributed by atoms with Crippen LogP contribution in [0.2, 0.25) is 0 Å². The number of sulfonamides is 1. The molecule has 0 radical (unpaired) electrons. The van der Waals surface area contributed by atoms with Crippen molar-refractivity contribution in [1.29, 1.82) is 0 Å². The number of nitrogens with one attached hydrogen (secondary N) is 1.